The zero-order valence-electron chi connectivity index (χ0n) is 13.3. The summed E-state index contributed by atoms with van der Waals surface area (Å²) in [7, 11) is 1.52. The van der Waals surface area contributed by atoms with E-state index < -0.39 is 12.1 Å². The van der Waals surface area contributed by atoms with Crippen LogP contribution in [0.5, 0.6) is 5.75 Å². The number of amides is 1. The van der Waals surface area contributed by atoms with Crippen LogP contribution in [0.4, 0.5) is 0 Å². The standard InChI is InChI=1S/C18H20ClNO4/c1-24-16-8-7-12(9-14(16)19)10-17(22)20-15(11-21)18(23)13-5-3-2-4-6-13/h2-9,15,18,21,23H,10-11H2,1H3,(H,20,22)/t15?,18-/m0/s1. The van der Waals surface area contributed by atoms with E-state index in [0.717, 1.165) is 0 Å². The van der Waals surface area contributed by atoms with Crippen LogP contribution in [0.15, 0.2) is 48.5 Å². The molecule has 0 fully saturated rings. The normalized spacial score (nSPS) is 13.2. The molecule has 0 heterocycles. The van der Waals surface area contributed by atoms with Gasteiger partial charge in [-0.15, -0.1) is 0 Å². The predicted molar refractivity (Wildman–Crippen MR) is 92.1 cm³/mol. The van der Waals surface area contributed by atoms with Gasteiger partial charge in [0.1, 0.15) is 11.9 Å². The van der Waals surface area contributed by atoms with Gasteiger partial charge in [0.25, 0.3) is 0 Å². The molecule has 2 aromatic carbocycles. The molecule has 0 aliphatic heterocycles. The summed E-state index contributed by atoms with van der Waals surface area (Å²) in [6, 6.07) is 13.2. The predicted octanol–water partition coefficient (Wildman–Crippen LogP) is 2.10. The van der Waals surface area contributed by atoms with Crippen LogP contribution in [-0.4, -0.2) is 35.9 Å². The number of carbonyl (C=O) groups excluding carboxylic acids is 1. The van der Waals surface area contributed by atoms with Gasteiger partial charge in [-0.05, 0) is 23.3 Å². The average molecular weight is 350 g/mol. The second-order valence-electron chi connectivity index (χ2n) is 5.36. The van der Waals surface area contributed by atoms with E-state index >= 15 is 0 Å². The third-order valence-corrected chi connectivity index (χ3v) is 3.94. The molecule has 3 N–H and O–H groups in total. The summed E-state index contributed by atoms with van der Waals surface area (Å²) in [5.41, 5.74) is 1.34. The number of hydrogen-bond acceptors (Lipinski definition) is 4. The van der Waals surface area contributed by atoms with Crippen molar-refractivity contribution in [3.8, 4) is 5.75 Å². The van der Waals surface area contributed by atoms with E-state index in [1.165, 1.54) is 7.11 Å². The minimum absolute atomic E-state index is 0.0850. The van der Waals surface area contributed by atoms with Crippen molar-refractivity contribution in [3.63, 3.8) is 0 Å². The molecule has 1 unspecified atom stereocenters. The fourth-order valence-corrected chi connectivity index (χ4v) is 2.65. The molecule has 0 aromatic heterocycles. The summed E-state index contributed by atoms with van der Waals surface area (Å²) < 4.78 is 5.07. The highest BCUT2D eigenvalue weighted by atomic mass is 35.5. The van der Waals surface area contributed by atoms with Crippen molar-refractivity contribution in [2.75, 3.05) is 13.7 Å². The largest absolute Gasteiger partial charge is 0.495 e. The number of rotatable bonds is 7. The quantitative estimate of drug-likeness (QED) is 0.715. The van der Waals surface area contributed by atoms with Crippen LogP contribution in [0, 0.1) is 0 Å². The van der Waals surface area contributed by atoms with Crippen molar-refractivity contribution in [2.24, 2.45) is 0 Å². The molecule has 128 valence electrons. The number of benzene rings is 2. The van der Waals surface area contributed by atoms with Crippen molar-refractivity contribution in [1.29, 1.82) is 0 Å². The molecule has 0 bridgehead atoms. The van der Waals surface area contributed by atoms with Gasteiger partial charge < -0.3 is 20.3 Å². The van der Waals surface area contributed by atoms with E-state index in [1.54, 1.807) is 42.5 Å². The van der Waals surface area contributed by atoms with Crippen molar-refractivity contribution >= 4 is 17.5 Å². The van der Waals surface area contributed by atoms with Crippen LogP contribution in [-0.2, 0) is 11.2 Å². The second-order valence-corrected chi connectivity index (χ2v) is 5.76. The minimum atomic E-state index is -0.986. The van der Waals surface area contributed by atoms with Crippen molar-refractivity contribution in [1.82, 2.24) is 5.32 Å². The topological polar surface area (TPSA) is 78.8 Å². The summed E-state index contributed by atoms with van der Waals surface area (Å²) in [6.07, 6.45) is -0.901. The summed E-state index contributed by atoms with van der Waals surface area (Å²) >= 11 is 6.04. The van der Waals surface area contributed by atoms with Crippen molar-refractivity contribution in [3.05, 3.63) is 64.7 Å². The zero-order chi connectivity index (χ0) is 17.5. The van der Waals surface area contributed by atoms with E-state index in [4.69, 9.17) is 16.3 Å². The fourth-order valence-electron chi connectivity index (χ4n) is 2.37. The van der Waals surface area contributed by atoms with Crippen LogP contribution in [0.1, 0.15) is 17.2 Å². The van der Waals surface area contributed by atoms with Gasteiger partial charge in [-0.3, -0.25) is 4.79 Å². The molecule has 6 heteroatoms. The number of methoxy groups -OCH3 is 1. The summed E-state index contributed by atoms with van der Waals surface area (Å²) in [5.74, 6) is 0.221. The smallest absolute Gasteiger partial charge is 0.224 e. The van der Waals surface area contributed by atoms with E-state index in [1.807, 2.05) is 6.07 Å². The molecule has 2 aromatic rings. The molecule has 24 heavy (non-hydrogen) atoms. The number of aliphatic hydroxyl groups excluding tert-OH is 2. The van der Waals surface area contributed by atoms with Gasteiger partial charge in [-0.1, -0.05) is 48.0 Å². The van der Waals surface area contributed by atoms with E-state index in [0.29, 0.717) is 21.9 Å². The monoisotopic (exact) mass is 349 g/mol. The number of aliphatic hydroxyl groups is 2. The molecule has 0 radical (unpaired) electrons. The summed E-state index contributed by atoms with van der Waals surface area (Å²) in [4.78, 5) is 12.2. The van der Waals surface area contributed by atoms with E-state index in [2.05, 4.69) is 5.32 Å². The average Bonchev–Trinajstić information content (AvgIpc) is 2.60. The number of carbonyl (C=O) groups is 1. The molecule has 0 saturated carbocycles. The molecule has 2 rings (SSSR count). The molecule has 1 amide bonds. The van der Waals surface area contributed by atoms with Gasteiger partial charge in [-0.25, -0.2) is 0 Å². The van der Waals surface area contributed by atoms with Crippen molar-refractivity contribution in [2.45, 2.75) is 18.6 Å². The third kappa shape index (κ3) is 4.71. The first-order valence-electron chi connectivity index (χ1n) is 7.50. The van der Waals surface area contributed by atoms with Crippen LogP contribution >= 0.6 is 11.6 Å². The Kier molecular flexibility index (Phi) is 6.61. The van der Waals surface area contributed by atoms with Gasteiger partial charge in [0.2, 0.25) is 5.91 Å². The van der Waals surface area contributed by atoms with Crippen LogP contribution in [0.2, 0.25) is 5.02 Å². The lowest BCUT2D eigenvalue weighted by molar-refractivity contribution is -0.122. The van der Waals surface area contributed by atoms with E-state index in [-0.39, 0.29) is 18.9 Å². The highest BCUT2D eigenvalue weighted by molar-refractivity contribution is 6.32. The van der Waals surface area contributed by atoms with Gasteiger partial charge in [0, 0.05) is 0 Å². The molecule has 5 nitrogen and oxygen atoms in total. The second kappa shape index (κ2) is 8.68. The number of halogens is 1. The summed E-state index contributed by atoms with van der Waals surface area (Å²) in [5, 5.41) is 22.8. The maximum Gasteiger partial charge on any atom is 0.224 e. The maximum atomic E-state index is 12.2. The first kappa shape index (κ1) is 18.3. The maximum absolute atomic E-state index is 12.2. The molecule has 0 aliphatic carbocycles. The fraction of sp³-hybridized carbons (Fsp3) is 0.278. The molecule has 2 atom stereocenters. The highest BCUT2D eigenvalue weighted by Crippen LogP contribution is 2.25. The Morgan fingerprint density at radius 2 is 1.96 bits per heavy atom. The number of nitrogens with one attached hydrogen (secondary N) is 1. The van der Waals surface area contributed by atoms with Gasteiger partial charge in [-0.2, -0.15) is 0 Å². The lowest BCUT2D eigenvalue weighted by Crippen LogP contribution is -2.42. The lowest BCUT2D eigenvalue weighted by atomic mass is 10.0. The zero-order valence-corrected chi connectivity index (χ0v) is 14.0. The molecular weight excluding hydrogens is 330 g/mol. The Balaban J connectivity index is 2.00. The Labute approximate surface area is 145 Å². The molecule has 0 spiro atoms. The minimum Gasteiger partial charge on any atom is -0.495 e. The Morgan fingerprint density at radius 1 is 1.25 bits per heavy atom. The molecule has 0 aliphatic rings. The summed E-state index contributed by atoms with van der Waals surface area (Å²) in [6.45, 7) is -0.370. The Hall–Kier alpha value is -2.08. The number of ether oxygens (including phenoxy) is 1. The third-order valence-electron chi connectivity index (χ3n) is 3.65. The first-order valence-corrected chi connectivity index (χ1v) is 7.88. The number of hydrogen-bond donors (Lipinski definition) is 3. The van der Waals surface area contributed by atoms with Crippen LogP contribution < -0.4 is 10.1 Å². The van der Waals surface area contributed by atoms with E-state index in [9.17, 15) is 15.0 Å². The van der Waals surface area contributed by atoms with Crippen LogP contribution in [0.3, 0.4) is 0 Å². The highest BCUT2D eigenvalue weighted by Gasteiger charge is 2.22. The Morgan fingerprint density at radius 3 is 2.54 bits per heavy atom. The van der Waals surface area contributed by atoms with Gasteiger partial charge in [0.05, 0.1) is 31.2 Å². The Bertz CT molecular complexity index is 678. The van der Waals surface area contributed by atoms with Crippen molar-refractivity contribution < 1.29 is 19.7 Å². The first-order chi connectivity index (χ1) is 11.5. The lowest BCUT2D eigenvalue weighted by Gasteiger charge is -2.22. The van der Waals surface area contributed by atoms with Crippen LogP contribution in [0.25, 0.3) is 0 Å². The van der Waals surface area contributed by atoms with Gasteiger partial charge >= 0.3 is 0 Å². The molecule has 0 saturated heterocycles. The SMILES string of the molecule is COc1ccc(CC(=O)NC(CO)[C@@H](O)c2ccccc2)cc1Cl. The molecular formula is C18H20ClNO4. The van der Waals surface area contributed by atoms with Gasteiger partial charge in [0.15, 0.2) is 0 Å².